The molecule has 0 aromatic carbocycles. The van der Waals surface area contributed by atoms with E-state index in [9.17, 15) is 0 Å². The molecule has 0 aromatic rings. The zero-order chi connectivity index (χ0) is 13.2. The van der Waals surface area contributed by atoms with Crippen LogP contribution >= 0.6 is 11.8 Å². The molecule has 1 saturated carbocycles. The van der Waals surface area contributed by atoms with E-state index in [4.69, 9.17) is 5.73 Å². The number of nitrogens with zero attached hydrogens (tertiary/aromatic N) is 1. The first kappa shape index (κ1) is 14.7. The summed E-state index contributed by atoms with van der Waals surface area (Å²) in [5, 5.41) is 0. The third-order valence-electron chi connectivity index (χ3n) is 5.78. The first-order chi connectivity index (χ1) is 8.65. The Morgan fingerprint density at radius 2 is 1.67 bits per heavy atom. The third-order valence-corrected chi connectivity index (χ3v) is 7.27. The molecule has 1 atom stereocenters. The number of rotatable bonds is 6. The highest BCUT2D eigenvalue weighted by Gasteiger charge is 2.51. The van der Waals surface area contributed by atoms with Gasteiger partial charge in [-0.05, 0) is 50.4 Å². The van der Waals surface area contributed by atoms with Gasteiger partial charge in [0.25, 0.3) is 0 Å². The molecule has 2 rings (SSSR count). The summed E-state index contributed by atoms with van der Waals surface area (Å²) in [4.78, 5) is 2.70. The Balaban J connectivity index is 1.96. The van der Waals surface area contributed by atoms with Crippen molar-refractivity contribution in [1.29, 1.82) is 0 Å². The minimum Gasteiger partial charge on any atom is -0.329 e. The van der Waals surface area contributed by atoms with Crippen LogP contribution in [0.5, 0.6) is 0 Å². The number of hydrogen-bond acceptors (Lipinski definition) is 3. The van der Waals surface area contributed by atoms with E-state index in [-0.39, 0.29) is 0 Å². The van der Waals surface area contributed by atoms with Gasteiger partial charge in [-0.1, -0.05) is 26.7 Å². The average Bonchev–Trinajstić information content (AvgIpc) is 3.22. The molecule has 1 unspecified atom stereocenters. The second-order valence-corrected chi connectivity index (χ2v) is 7.48. The molecule has 2 aliphatic rings. The van der Waals surface area contributed by atoms with Crippen molar-refractivity contribution in [3.63, 3.8) is 0 Å². The van der Waals surface area contributed by atoms with Crippen LogP contribution in [-0.2, 0) is 0 Å². The Morgan fingerprint density at radius 3 is 2.00 bits per heavy atom. The second-order valence-electron chi connectivity index (χ2n) is 6.26. The van der Waals surface area contributed by atoms with Crippen molar-refractivity contribution in [2.24, 2.45) is 11.1 Å². The summed E-state index contributed by atoms with van der Waals surface area (Å²) in [7, 11) is 0. The summed E-state index contributed by atoms with van der Waals surface area (Å²) in [5.74, 6) is 0. The zero-order valence-corrected chi connectivity index (χ0v) is 13.2. The van der Waals surface area contributed by atoms with Gasteiger partial charge in [-0.2, -0.15) is 11.8 Å². The SMILES string of the molecule is CCC1(CC)CCN(C(CN)C2(SC)CC2)CC1. The number of hydrogen-bond donors (Lipinski definition) is 1. The van der Waals surface area contributed by atoms with Gasteiger partial charge in [0.05, 0.1) is 0 Å². The molecule has 3 heteroatoms. The van der Waals surface area contributed by atoms with E-state index in [1.54, 1.807) is 0 Å². The summed E-state index contributed by atoms with van der Waals surface area (Å²) < 4.78 is 0.507. The lowest BCUT2D eigenvalue weighted by atomic mass is 9.74. The molecule has 2 fully saturated rings. The summed E-state index contributed by atoms with van der Waals surface area (Å²) >= 11 is 2.05. The van der Waals surface area contributed by atoms with Crippen LogP contribution in [-0.4, -0.2) is 41.6 Å². The molecule has 106 valence electrons. The maximum absolute atomic E-state index is 6.08. The molecule has 2 N–H and O–H groups in total. The molecule has 1 saturated heterocycles. The molecule has 18 heavy (non-hydrogen) atoms. The van der Waals surface area contributed by atoms with E-state index in [2.05, 4.69) is 36.8 Å². The van der Waals surface area contributed by atoms with Crippen molar-refractivity contribution in [1.82, 2.24) is 4.90 Å². The van der Waals surface area contributed by atoms with E-state index in [0.29, 0.717) is 16.2 Å². The quantitative estimate of drug-likeness (QED) is 0.804. The van der Waals surface area contributed by atoms with Gasteiger partial charge in [-0.3, -0.25) is 4.90 Å². The summed E-state index contributed by atoms with van der Waals surface area (Å²) in [5.41, 5.74) is 6.71. The topological polar surface area (TPSA) is 29.3 Å². The number of nitrogens with two attached hydrogens (primary N) is 1. The van der Waals surface area contributed by atoms with Crippen molar-refractivity contribution in [3.05, 3.63) is 0 Å². The fraction of sp³-hybridized carbons (Fsp3) is 1.00. The Labute approximate surface area is 117 Å². The normalized spacial score (nSPS) is 28.0. The molecule has 0 bridgehead atoms. The number of thioether (sulfide) groups is 1. The average molecular weight is 270 g/mol. The van der Waals surface area contributed by atoms with Crippen LogP contribution in [0, 0.1) is 5.41 Å². The predicted octanol–water partition coefficient (Wildman–Crippen LogP) is 3.11. The van der Waals surface area contributed by atoms with Gasteiger partial charge in [0.1, 0.15) is 0 Å². The lowest BCUT2D eigenvalue weighted by molar-refractivity contribution is 0.0653. The smallest absolute Gasteiger partial charge is 0.0365 e. The third kappa shape index (κ3) is 2.59. The molecule has 0 amide bonds. The maximum atomic E-state index is 6.08. The van der Waals surface area contributed by atoms with E-state index in [1.165, 1.54) is 51.6 Å². The second kappa shape index (κ2) is 5.72. The molecule has 0 radical (unpaired) electrons. The van der Waals surface area contributed by atoms with Crippen LogP contribution in [0.4, 0.5) is 0 Å². The number of piperidine rings is 1. The molecule has 0 aromatic heterocycles. The number of likely N-dealkylation sites (tertiary alicyclic amines) is 1. The molecule has 1 aliphatic carbocycles. The first-order valence-electron chi connectivity index (χ1n) is 7.64. The van der Waals surface area contributed by atoms with Gasteiger partial charge in [0, 0.05) is 17.3 Å². The summed E-state index contributed by atoms with van der Waals surface area (Å²) in [6, 6.07) is 0.624. The van der Waals surface area contributed by atoms with Gasteiger partial charge < -0.3 is 5.73 Å². The fourth-order valence-electron chi connectivity index (χ4n) is 3.76. The Morgan fingerprint density at radius 1 is 1.11 bits per heavy atom. The lowest BCUT2D eigenvalue weighted by Crippen LogP contribution is -2.53. The minimum atomic E-state index is 0.507. The molecule has 2 nitrogen and oxygen atoms in total. The monoisotopic (exact) mass is 270 g/mol. The summed E-state index contributed by atoms with van der Waals surface area (Å²) in [6.45, 7) is 8.11. The molecule has 0 spiro atoms. The van der Waals surface area contributed by atoms with Gasteiger partial charge in [-0.15, -0.1) is 0 Å². The van der Waals surface area contributed by atoms with Crippen LogP contribution in [0.25, 0.3) is 0 Å². The van der Waals surface area contributed by atoms with Crippen LogP contribution in [0.3, 0.4) is 0 Å². The first-order valence-corrected chi connectivity index (χ1v) is 8.87. The highest BCUT2D eigenvalue weighted by Crippen LogP contribution is 2.52. The van der Waals surface area contributed by atoms with E-state index in [0.717, 1.165) is 6.54 Å². The minimum absolute atomic E-state index is 0.507. The Kier molecular flexibility index (Phi) is 4.66. The highest BCUT2D eigenvalue weighted by atomic mass is 32.2. The van der Waals surface area contributed by atoms with Crippen LogP contribution in [0.15, 0.2) is 0 Å². The molecular formula is C15H30N2S. The fourth-order valence-corrected chi connectivity index (χ4v) is 4.79. The van der Waals surface area contributed by atoms with Gasteiger partial charge in [0.15, 0.2) is 0 Å². The molecule has 1 heterocycles. The molecular weight excluding hydrogens is 240 g/mol. The Bertz CT molecular complexity index is 262. The maximum Gasteiger partial charge on any atom is 0.0365 e. The summed E-state index contributed by atoms with van der Waals surface area (Å²) in [6.07, 6.45) is 10.5. The standard InChI is InChI=1S/C15H30N2S/c1-4-14(5-2)8-10-17(11-9-14)13(12-16)15(18-3)6-7-15/h13H,4-12,16H2,1-3H3. The zero-order valence-electron chi connectivity index (χ0n) is 12.4. The van der Waals surface area contributed by atoms with Crippen molar-refractivity contribution < 1.29 is 0 Å². The van der Waals surface area contributed by atoms with Gasteiger partial charge in [-0.25, -0.2) is 0 Å². The van der Waals surface area contributed by atoms with Crippen molar-refractivity contribution >= 4 is 11.8 Å². The van der Waals surface area contributed by atoms with Crippen LogP contribution in [0.1, 0.15) is 52.4 Å². The van der Waals surface area contributed by atoms with Gasteiger partial charge >= 0.3 is 0 Å². The van der Waals surface area contributed by atoms with E-state index < -0.39 is 0 Å². The van der Waals surface area contributed by atoms with Crippen LogP contribution < -0.4 is 5.73 Å². The Hall–Kier alpha value is 0.270. The van der Waals surface area contributed by atoms with Crippen LogP contribution in [0.2, 0.25) is 0 Å². The lowest BCUT2D eigenvalue weighted by Gasteiger charge is -2.45. The van der Waals surface area contributed by atoms with Crippen molar-refractivity contribution in [3.8, 4) is 0 Å². The van der Waals surface area contributed by atoms with E-state index in [1.807, 2.05) is 0 Å². The predicted molar refractivity (Wildman–Crippen MR) is 82.1 cm³/mol. The molecule has 1 aliphatic heterocycles. The van der Waals surface area contributed by atoms with Crippen molar-refractivity contribution in [2.45, 2.75) is 63.2 Å². The van der Waals surface area contributed by atoms with E-state index >= 15 is 0 Å². The largest absolute Gasteiger partial charge is 0.329 e. The highest BCUT2D eigenvalue weighted by molar-refractivity contribution is 8.00. The van der Waals surface area contributed by atoms with Crippen molar-refractivity contribution in [2.75, 3.05) is 25.9 Å². The van der Waals surface area contributed by atoms with Gasteiger partial charge in [0.2, 0.25) is 0 Å².